The number of likely N-dealkylation sites (N-methyl/N-ethyl adjacent to an activating group) is 1. The highest BCUT2D eigenvalue weighted by molar-refractivity contribution is 6.17. The van der Waals surface area contributed by atoms with Crippen LogP contribution in [-0.4, -0.2) is 93.1 Å². The van der Waals surface area contributed by atoms with E-state index in [2.05, 4.69) is 47.4 Å². The second-order valence-corrected chi connectivity index (χ2v) is 12.3. The Balaban J connectivity index is 1.19. The van der Waals surface area contributed by atoms with E-state index in [9.17, 15) is 9.59 Å². The zero-order valence-corrected chi connectivity index (χ0v) is 26.1. The number of aromatic nitrogens is 6. The third kappa shape index (κ3) is 7.11. The van der Waals surface area contributed by atoms with Gasteiger partial charge in [-0.15, -0.1) is 10.2 Å². The number of aromatic amines is 1. The first kappa shape index (κ1) is 31.4. The maximum absolute atomic E-state index is 14.0. The number of nitrogens with one attached hydrogen (secondary N) is 1. The predicted octanol–water partition coefficient (Wildman–Crippen LogP) is 2.27. The first-order chi connectivity index (χ1) is 22.4. The molecule has 2 fully saturated rings. The Hall–Kier alpha value is -4.59. The molecule has 2 aliphatic rings. The number of carbonyl (C=O) groups excluding carboxylic acids is 2. The van der Waals surface area contributed by atoms with Gasteiger partial charge in [-0.3, -0.25) is 9.59 Å². The molecule has 2 amide bonds. The number of nitrogens with zero attached hydrogens (tertiary/aromatic N) is 8. The normalized spacial score (nSPS) is 19.5. The molecule has 1 saturated carbocycles. The fourth-order valence-corrected chi connectivity index (χ4v) is 6.26. The van der Waals surface area contributed by atoms with Gasteiger partial charge >= 0.3 is 0 Å². The summed E-state index contributed by atoms with van der Waals surface area (Å²) in [6.07, 6.45) is 7.05. The Morgan fingerprint density at radius 1 is 0.957 bits per heavy atom. The highest BCUT2D eigenvalue weighted by Crippen LogP contribution is 2.32. The first-order valence-electron chi connectivity index (χ1n) is 15.9. The summed E-state index contributed by atoms with van der Waals surface area (Å²) < 4.78 is 0. The van der Waals surface area contributed by atoms with Crippen LogP contribution >= 0.6 is 0 Å². The lowest BCUT2D eigenvalue weighted by Crippen LogP contribution is -2.50. The molecule has 6 rings (SSSR count). The van der Waals surface area contributed by atoms with Crippen LogP contribution in [0.2, 0.25) is 0 Å². The average molecular weight is 624 g/mol. The van der Waals surface area contributed by atoms with Crippen molar-refractivity contribution in [3.05, 3.63) is 66.5 Å². The molecular weight excluding hydrogens is 582 g/mol. The van der Waals surface area contributed by atoms with E-state index in [0.29, 0.717) is 42.4 Å². The Kier molecular flexibility index (Phi) is 9.71. The largest absolute Gasteiger partial charge is 0.338 e. The van der Waals surface area contributed by atoms with Gasteiger partial charge in [0.15, 0.2) is 0 Å². The Labute approximate surface area is 268 Å². The van der Waals surface area contributed by atoms with Gasteiger partial charge < -0.3 is 21.3 Å². The van der Waals surface area contributed by atoms with Crippen LogP contribution in [0.1, 0.15) is 31.2 Å². The number of rotatable bonds is 9. The van der Waals surface area contributed by atoms with E-state index in [1.807, 2.05) is 36.7 Å². The van der Waals surface area contributed by atoms with Crippen molar-refractivity contribution in [2.75, 3.05) is 49.6 Å². The van der Waals surface area contributed by atoms with Gasteiger partial charge in [-0.05, 0) is 92.2 Å². The van der Waals surface area contributed by atoms with E-state index in [0.717, 1.165) is 61.7 Å². The maximum atomic E-state index is 14.0. The third-order valence-corrected chi connectivity index (χ3v) is 9.16. The molecule has 0 spiro atoms. The average Bonchev–Trinajstić information content (AvgIpc) is 3.65. The van der Waals surface area contributed by atoms with E-state index < -0.39 is 11.9 Å². The number of carbonyl (C=O) groups is 2. The summed E-state index contributed by atoms with van der Waals surface area (Å²) >= 11 is 0. The van der Waals surface area contributed by atoms with Crippen molar-refractivity contribution in [1.29, 1.82) is 0 Å². The van der Waals surface area contributed by atoms with Gasteiger partial charge in [-0.2, -0.15) is 5.21 Å². The fraction of sp³-hybridized carbons (Fsp3) is 0.424. The molecule has 13 heteroatoms. The Bertz CT molecular complexity index is 1600. The molecule has 13 nitrogen and oxygen atoms in total. The molecule has 240 valence electrons. The molecule has 0 unspecified atom stereocenters. The number of tetrazole rings is 1. The van der Waals surface area contributed by atoms with Gasteiger partial charge in [0.1, 0.15) is 0 Å². The first-order valence-corrected chi connectivity index (χ1v) is 15.9. The molecule has 2 aromatic heterocycles. The Morgan fingerprint density at radius 3 is 2.33 bits per heavy atom. The number of hydrogen-bond donors (Lipinski definition) is 3. The molecule has 1 aliphatic carbocycles. The monoisotopic (exact) mass is 623 g/mol. The number of nitrogens with two attached hydrogens (primary N) is 2. The van der Waals surface area contributed by atoms with Crippen LogP contribution in [0.5, 0.6) is 0 Å². The number of anilines is 2. The quantitative estimate of drug-likeness (QED) is 0.249. The third-order valence-electron chi connectivity index (χ3n) is 9.16. The summed E-state index contributed by atoms with van der Waals surface area (Å²) in [5.74, 6) is 0.621. The maximum Gasteiger partial charge on any atom is 0.251 e. The van der Waals surface area contributed by atoms with Crippen molar-refractivity contribution in [3.63, 3.8) is 0 Å². The standard InChI is InChI=1S/C33H41N11O2/c1-42-13-15-43(16-14-42)33-36-20-27(21-37-33)26-4-2-3-23(17-26)18-29(35)32(46)44(31(45)25-7-5-22(19-34)6-8-25)28-11-9-24(10-12-28)30-38-40-41-39-30/h2-4,9-12,17,20-22,25,29H,5-8,13-16,18-19,34-35H2,1H3,(H,38,39,40,41)/t22?,25?,29-/m0/s1. The minimum atomic E-state index is -0.938. The lowest BCUT2D eigenvalue weighted by Gasteiger charge is -2.32. The molecule has 1 saturated heterocycles. The van der Waals surface area contributed by atoms with Crippen LogP contribution in [0, 0.1) is 11.8 Å². The van der Waals surface area contributed by atoms with Gasteiger partial charge in [0.05, 0.1) is 11.7 Å². The molecule has 5 N–H and O–H groups in total. The van der Waals surface area contributed by atoms with Crippen LogP contribution in [0.15, 0.2) is 60.9 Å². The highest BCUT2D eigenvalue weighted by atomic mass is 16.2. The van der Waals surface area contributed by atoms with Gasteiger partial charge in [-0.1, -0.05) is 24.3 Å². The molecule has 1 atom stereocenters. The summed E-state index contributed by atoms with van der Waals surface area (Å²) in [7, 11) is 2.12. The number of benzene rings is 2. The summed E-state index contributed by atoms with van der Waals surface area (Å²) in [6.45, 7) is 4.37. The second-order valence-electron chi connectivity index (χ2n) is 12.3. The fourth-order valence-electron chi connectivity index (χ4n) is 6.26. The molecule has 1 aliphatic heterocycles. The van der Waals surface area contributed by atoms with Crippen LogP contribution in [0.4, 0.5) is 11.6 Å². The lowest BCUT2D eigenvalue weighted by atomic mass is 9.81. The Morgan fingerprint density at radius 2 is 1.67 bits per heavy atom. The van der Waals surface area contributed by atoms with E-state index in [-0.39, 0.29) is 18.2 Å². The summed E-state index contributed by atoms with van der Waals surface area (Å²) in [4.78, 5) is 43.0. The van der Waals surface area contributed by atoms with Crippen molar-refractivity contribution in [2.45, 2.75) is 38.1 Å². The van der Waals surface area contributed by atoms with Gasteiger partial charge in [0.25, 0.3) is 5.91 Å². The van der Waals surface area contributed by atoms with Crippen LogP contribution < -0.4 is 21.3 Å². The van der Waals surface area contributed by atoms with Crippen molar-refractivity contribution in [3.8, 4) is 22.5 Å². The summed E-state index contributed by atoms with van der Waals surface area (Å²) in [5, 5.41) is 14.1. The van der Waals surface area contributed by atoms with Gasteiger partial charge in [-0.25, -0.2) is 14.9 Å². The number of hydrogen-bond acceptors (Lipinski definition) is 11. The topological polar surface area (TPSA) is 176 Å². The van der Waals surface area contributed by atoms with Crippen molar-refractivity contribution in [2.24, 2.45) is 23.3 Å². The molecule has 4 aromatic rings. The van der Waals surface area contributed by atoms with Gasteiger partial charge in [0, 0.05) is 55.6 Å². The van der Waals surface area contributed by atoms with Crippen LogP contribution in [0.3, 0.4) is 0 Å². The molecule has 0 bridgehead atoms. The second kappa shape index (κ2) is 14.2. The summed E-state index contributed by atoms with van der Waals surface area (Å²) in [5.41, 5.74) is 16.3. The highest BCUT2D eigenvalue weighted by Gasteiger charge is 2.35. The lowest BCUT2D eigenvalue weighted by molar-refractivity contribution is -0.130. The van der Waals surface area contributed by atoms with Gasteiger partial charge in [0.2, 0.25) is 17.7 Å². The van der Waals surface area contributed by atoms with E-state index in [1.165, 1.54) is 4.90 Å². The zero-order valence-electron chi connectivity index (χ0n) is 26.1. The van der Waals surface area contributed by atoms with Crippen molar-refractivity contribution < 1.29 is 9.59 Å². The van der Waals surface area contributed by atoms with Crippen LogP contribution in [-0.2, 0) is 16.0 Å². The molecule has 3 heterocycles. The number of piperazine rings is 1. The SMILES string of the molecule is CN1CCN(c2ncc(-c3cccc(C[C@H](N)C(=O)N(C(=O)C4CCC(CN)CC4)c4ccc(-c5nn[nH]n5)cc4)c3)cn2)CC1. The molecule has 2 aromatic carbocycles. The zero-order chi connectivity index (χ0) is 32.0. The van der Waals surface area contributed by atoms with Crippen LogP contribution in [0.25, 0.3) is 22.5 Å². The minimum absolute atomic E-state index is 0.227. The van der Waals surface area contributed by atoms with E-state index in [4.69, 9.17) is 11.5 Å². The molecule has 0 radical (unpaired) electrons. The van der Waals surface area contributed by atoms with E-state index >= 15 is 0 Å². The summed E-state index contributed by atoms with van der Waals surface area (Å²) in [6, 6.07) is 13.9. The van der Waals surface area contributed by atoms with Crippen molar-refractivity contribution >= 4 is 23.5 Å². The number of amides is 2. The van der Waals surface area contributed by atoms with E-state index in [1.54, 1.807) is 24.3 Å². The number of H-pyrrole nitrogens is 1. The minimum Gasteiger partial charge on any atom is -0.338 e. The molecule has 46 heavy (non-hydrogen) atoms. The smallest absolute Gasteiger partial charge is 0.251 e. The number of imide groups is 1. The van der Waals surface area contributed by atoms with Crippen molar-refractivity contribution in [1.82, 2.24) is 35.5 Å². The molecular formula is C33H41N11O2. The predicted molar refractivity (Wildman–Crippen MR) is 175 cm³/mol.